The lowest BCUT2D eigenvalue weighted by molar-refractivity contribution is -0.0382. The highest BCUT2D eigenvalue weighted by molar-refractivity contribution is 5.20. The molecule has 1 heterocycles. The maximum atomic E-state index is 13.0. The predicted molar refractivity (Wildman–Crippen MR) is 64.5 cm³/mol. The summed E-state index contributed by atoms with van der Waals surface area (Å²) in [4.78, 5) is 4.40. The topological polar surface area (TPSA) is 12.9 Å². The van der Waals surface area contributed by atoms with Gasteiger partial charge >= 0.3 is 0 Å². The summed E-state index contributed by atoms with van der Waals surface area (Å²) in [5.74, 6) is -1.76. The summed E-state index contributed by atoms with van der Waals surface area (Å²) in [6.45, 7) is 4.20. The molecule has 1 aromatic rings. The summed E-state index contributed by atoms with van der Waals surface area (Å²) in [6, 6.07) is 4.07. The van der Waals surface area contributed by atoms with E-state index in [0.717, 1.165) is 11.3 Å². The molecule has 0 aliphatic heterocycles. The van der Waals surface area contributed by atoms with Crippen LogP contribution in [0.5, 0.6) is 0 Å². The Bertz CT molecular complexity index is 360. The molecular formula is C14H19F2N. The van der Waals surface area contributed by atoms with Crippen LogP contribution in [0.15, 0.2) is 18.3 Å². The third-order valence-electron chi connectivity index (χ3n) is 3.59. The molecule has 17 heavy (non-hydrogen) atoms. The minimum Gasteiger partial charge on any atom is -0.261 e. The van der Waals surface area contributed by atoms with Gasteiger partial charge in [0.1, 0.15) is 0 Å². The van der Waals surface area contributed by atoms with Gasteiger partial charge in [-0.1, -0.05) is 19.9 Å². The Labute approximate surface area is 101 Å². The van der Waals surface area contributed by atoms with Crippen LogP contribution in [0.1, 0.15) is 62.6 Å². The molecule has 94 valence electrons. The Morgan fingerprint density at radius 3 is 2.35 bits per heavy atom. The molecule has 0 unspecified atom stereocenters. The fourth-order valence-corrected chi connectivity index (χ4v) is 2.37. The van der Waals surface area contributed by atoms with E-state index in [1.165, 1.54) is 0 Å². The van der Waals surface area contributed by atoms with Crippen LogP contribution in [-0.2, 0) is 0 Å². The van der Waals surface area contributed by atoms with E-state index < -0.39 is 5.92 Å². The number of hydrogen-bond acceptors (Lipinski definition) is 1. The molecule has 0 saturated heterocycles. The summed E-state index contributed by atoms with van der Waals surface area (Å²) in [7, 11) is 0. The minimum absolute atomic E-state index is 0.0175. The Hall–Kier alpha value is -0.990. The molecule has 2 rings (SSSR count). The normalized spacial score (nSPS) is 20.8. The van der Waals surface area contributed by atoms with Crippen LogP contribution < -0.4 is 0 Å². The Morgan fingerprint density at radius 2 is 1.88 bits per heavy atom. The third kappa shape index (κ3) is 3.02. The number of nitrogens with zero attached hydrogens (tertiary/aromatic N) is 1. The van der Waals surface area contributed by atoms with Crippen LogP contribution in [-0.4, -0.2) is 10.9 Å². The molecule has 3 heteroatoms. The zero-order valence-corrected chi connectivity index (χ0v) is 10.4. The zero-order chi connectivity index (χ0) is 12.5. The average Bonchev–Trinajstić information content (AvgIpc) is 2.29. The van der Waals surface area contributed by atoms with Crippen molar-refractivity contribution in [2.24, 2.45) is 0 Å². The van der Waals surface area contributed by atoms with Crippen molar-refractivity contribution in [3.05, 3.63) is 29.6 Å². The standard InChI is InChI=1S/C14H19F2N/c1-10(2)13-4-3-12(9-17-13)11-5-7-14(15,16)8-6-11/h3-4,9-11H,5-8H2,1-2H3. The first-order valence-electron chi connectivity index (χ1n) is 6.31. The summed E-state index contributed by atoms with van der Waals surface area (Å²) < 4.78 is 26.1. The predicted octanol–water partition coefficient (Wildman–Crippen LogP) is 4.50. The second-order valence-corrected chi connectivity index (χ2v) is 5.30. The van der Waals surface area contributed by atoms with Crippen molar-refractivity contribution in [1.82, 2.24) is 4.98 Å². The van der Waals surface area contributed by atoms with Crippen LogP contribution in [0.4, 0.5) is 8.78 Å². The van der Waals surface area contributed by atoms with E-state index in [4.69, 9.17) is 0 Å². The molecular weight excluding hydrogens is 220 g/mol. The Balaban J connectivity index is 2.04. The van der Waals surface area contributed by atoms with E-state index in [1.54, 1.807) is 0 Å². The lowest BCUT2D eigenvalue weighted by atomic mass is 9.83. The summed E-state index contributed by atoms with van der Waals surface area (Å²) in [5.41, 5.74) is 2.18. The molecule has 1 fully saturated rings. The van der Waals surface area contributed by atoms with Gasteiger partial charge in [0.25, 0.3) is 0 Å². The number of aromatic nitrogens is 1. The van der Waals surface area contributed by atoms with Gasteiger partial charge in [0, 0.05) is 24.7 Å². The highest BCUT2D eigenvalue weighted by Gasteiger charge is 2.35. The molecule has 0 bridgehead atoms. The quantitative estimate of drug-likeness (QED) is 0.740. The molecule has 0 amide bonds. The second kappa shape index (κ2) is 4.71. The summed E-state index contributed by atoms with van der Waals surface area (Å²) in [5, 5.41) is 0. The van der Waals surface area contributed by atoms with Crippen LogP contribution in [0, 0.1) is 0 Å². The second-order valence-electron chi connectivity index (χ2n) is 5.30. The fraction of sp³-hybridized carbons (Fsp3) is 0.643. The smallest absolute Gasteiger partial charge is 0.248 e. The van der Waals surface area contributed by atoms with Crippen LogP contribution in [0.2, 0.25) is 0 Å². The first-order valence-corrected chi connectivity index (χ1v) is 6.31. The van der Waals surface area contributed by atoms with Gasteiger partial charge < -0.3 is 0 Å². The maximum Gasteiger partial charge on any atom is 0.248 e. The van der Waals surface area contributed by atoms with Crippen LogP contribution in [0.3, 0.4) is 0 Å². The number of halogens is 2. The molecule has 0 N–H and O–H groups in total. The van der Waals surface area contributed by atoms with Crippen molar-refractivity contribution in [2.75, 3.05) is 0 Å². The molecule has 0 radical (unpaired) electrons. The number of alkyl halides is 2. The van der Waals surface area contributed by atoms with E-state index in [1.807, 2.05) is 12.3 Å². The van der Waals surface area contributed by atoms with Gasteiger partial charge in [-0.25, -0.2) is 8.78 Å². The highest BCUT2D eigenvalue weighted by Crippen LogP contribution is 2.40. The van der Waals surface area contributed by atoms with Crippen LogP contribution in [0.25, 0.3) is 0 Å². The largest absolute Gasteiger partial charge is 0.261 e. The number of hydrogen-bond donors (Lipinski definition) is 0. The molecule has 1 saturated carbocycles. The van der Waals surface area contributed by atoms with Gasteiger partial charge in [-0.15, -0.1) is 0 Å². The Kier molecular flexibility index (Phi) is 3.45. The molecule has 1 aliphatic rings. The van der Waals surface area contributed by atoms with Gasteiger partial charge in [0.15, 0.2) is 0 Å². The first-order chi connectivity index (χ1) is 7.98. The average molecular weight is 239 g/mol. The molecule has 1 nitrogen and oxygen atoms in total. The van der Waals surface area contributed by atoms with E-state index in [2.05, 4.69) is 24.9 Å². The van der Waals surface area contributed by atoms with Crippen molar-refractivity contribution in [3.63, 3.8) is 0 Å². The molecule has 1 aliphatic carbocycles. The van der Waals surface area contributed by atoms with Crippen molar-refractivity contribution in [3.8, 4) is 0 Å². The molecule has 0 aromatic carbocycles. The lowest BCUT2D eigenvalue weighted by Crippen LogP contribution is -2.23. The van der Waals surface area contributed by atoms with E-state index in [0.29, 0.717) is 18.8 Å². The number of pyridine rings is 1. The monoisotopic (exact) mass is 239 g/mol. The minimum atomic E-state index is -2.44. The van der Waals surface area contributed by atoms with Crippen molar-refractivity contribution >= 4 is 0 Å². The van der Waals surface area contributed by atoms with Gasteiger partial charge in [-0.3, -0.25) is 4.98 Å². The molecule has 0 spiro atoms. The number of rotatable bonds is 2. The van der Waals surface area contributed by atoms with Gasteiger partial charge in [-0.05, 0) is 36.3 Å². The zero-order valence-electron chi connectivity index (χ0n) is 10.4. The van der Waals surface area contributed by atoms with Gasteiger partial charge in [0.05, 0.1) is 0 Å². The van der Waals surface area contributed by atoms with Crippen LogP contribution >= 0.6 is 0 Å². The fourth-order valence-electron chi connectivity index (χ4n) is 2.37. The van der Waals surface area contributed by atoms with Gasteiger partial charge in [0.2, 0.25) is 5.92 Å². The highest BCUT2D eigenvalue weighted by atomic mass is 19.3. The SMILES string of the molecule is CC(C)c1ccc(C2CCC(F)(F)CC2)cn1. The van der Waals surface area contributed by atoms with E-state index >= 15 is 0 Å². The van der Waals surface area contributed by atoms with E-state index in [9.17, 15) is 8.78 Å². The van der Waals surface area contributed by atoms with Crippen molar-refractivity contribution in [2.45, 2.75) is 57.3 Å². The van der Waals surface area contributed by atoms with Gasteiger partial charge in [-0.2, -0.15) is 0 Å². The summed E-state index contributed by atoms with van der Waals surface area (Å²) >= 11 is 0. The Morgan fingerprint density at radius 1 is 1.24 bits per heavy atom. The summed E-state index contributed by atoms with van der Waals surface area (Å²) in [6.07, 6.45) is 3.06. The van der Waals surface area contributed by atoms with Crippen molar-refractivity contribution in [1.29, 1.82) is 0 Å². The maximum absolute atomic E-state index is 13.0. The van der Waals surface area contributed by atoms with Crippen molar-refractivity contribution < 1.29 is 8.78 Å². The first kappa shape index (κ1) is 12.5. The third-order valence-corrected chi connectivity index (χ3v) is 3.59. The lowest BCUT2D eigenvalue weighted by Gasteiger charge is -2.28. The molecule has 1 aromatic heterocycles. The molecule has 0 atom stereocenters. The van der Waals surface area contributed by atoms with E-state index in [-0.39, 0.29) is 18.8 Å².